The lowest BCUT2D eigenvalue weighted by molar-refractivity contribution is -0.116. The largest absolute Gasteiger partial charge is 0.348 e. The van der Waals surface area contributed by atoms with Crippen LogP contribution in [0.25, 0.3) is 6.08 Å². The van der Waals surface area contributed by atoms with Crippen molar-refractivity contribution in [2.24, 2.45) is 0 Å². The van der Waals surface area contributed by atoms with Gasteiger partial charge in [0.2, 0.25) is 5.91 Å². The van der Waals surface area contributed by atoms with Crippen LogP contribution in [0.3, 0.4) is 0 Å². The molecule has 1 saturated carbocycles. The second-order valence-electron chi connectivity index (χ2n) is 9.24. The van der Waals surface area contributed by atoms with E-state index in [1.54, 1.807) is 6.08 Å². The van der Waals surface area contributed by atoms with Crippen molar-refractivity contribution in [2.75, 3.05) is 13.1 Å². The summed E-state index contributed by atoms with van der Waals surface area (Å²) in [5.41, 5.74) is 5.26. The van der Waals surface area contributed by atoms with Crippen molar-refractivity contribution in [1.29, 1.82) is 0 Å². The zero-order chi connectivity index (χ0) is 22.5. The van der Waals surface area contributed by atoms with Gasteiger partial charge >= 0.3 is 0 Å². The zero-order valence-electron chi connectivity index (χ0n) is 19.4. The van der Waals surface area contributed by atoms with Crippen LogP contribution in [-0.4, -0.2) is 34.4 Å². The molecule has 1 aliphatic carbocycles. The van der Waals surface area contributed by atoms with Crippen LogP contribution in [0.2, 0.25) is 0 Å². The number of hydrogen-bond donors (Lipinski definition) is 1. The van der Waals surface area contributed by atoms with E-state index in [4.69, 9.17) is 0 Å². The summed E-state index contributed by atoms with van der Waals surface area (Å²) in [4.78, 5) is 26.9. The zero-order valence-corrected chi connectivity index (χ0v) is 19.4. The average Bonchev–Trinajstić information content (AvgIpc) is 3.44. The highest BCUT2D eigenvalue weighted by atomic mass is 16.2. The summed E-state index contributed by atoms with van der Waals surface area (Å²) in [7, 11) is 0. The molecule has 4 rings (SSSR count). The van der Waals surface area contributed by atoms with E-state index in [-0.39, 0.29) is 11.8 Å². The highest BCUT2D eigenvalue weighted by Gasteiger charge is 2.20. The molecule has 0 unspecified atom stereocenters. The fraction of sp³-hybridized carbons (Fsp3) is 0.481. The number of rotatable bonds is 6. The van der Waals surface area contributed by atoms with Crippen LogP contribution >= 0.6 is 0 Å². The lowest BCUT2D eigenvalue weighted by Crippen LogP contribution is -2.27. The summed E-state index contributed by atoms with van der Waals surface area (Å²) in [5, 5.41) is 2.95. The van der Waals surface area contributed by atoms with Crippen LogP contribution in [-0.2, 0) is 11.3 Å². The molecule has 1 N–H and O–H groups in total. The van der Waals surface area contributed by atoms with Crippen molar-refractivity contribution in [2.45, 2.75) is 71.4 Å². The molecule has 0 spiro atoms. The molecule has 2 amide bonds. The van der Waals surface area contributed by atoms with Gasteiger partial charge in [-0.2, -0.15) is 0 Å². The monoisotopic (exact) mass is 433 g/mol. The van der Waals surface area contributed by atoms with Gasteiger partial charge in [-0.15, -0.1) is 0 Å². The Bertz CT molecular complexity index is 992. The first-order valence-corrected chi connectivity index (χ1v) is 12.1. The molecule has 1 saturated heterocycles. The summed E-state index contributed by atoms with van der Waals surface area (Å²) in [6, 6.07) is 10.4. The summed E-state index contributed by atoms with van der Waals surface area (Å²) in [6.07, 6.45) is 12.2. The standard InChI is InChI=1S/C27H35N3O2/c1-20-17-23(21(2)30(20)25-11-4-3-5-12-25)13-14-26(31)28-19-22-9-8-10-24(18-22)27(32)29-15-6-7-16-29/h8-10,13-14,17-18,25H,3-7,11-12,15-16,19H2,1-2H3,(H,28,31). The van der Waals surface area contributed by atoms with Crippen LogP contribution in [0.15, 0.2) is 36.4 Å². The molecule has 0 radical (unpaired) electrons. The fourth-order valence-corrected chi connectivity index (χ4v) is 5.20. The highest BCUT2D eigenvalue weighted by molar-refractivity contribution is 5.94. The van der Waals surface area contributed by atoms with Gasteiger partial charge in [-0.25, -0.2) is 0 Å². The minimum absolute atomic E-state index is 0.0869. The fourth-order valence-electron chi connectivity index (χ4n) is 5.20. The molecule has 170 valence electrons. The number of aryl methyl sites for hydroxylation is 1. The van der Waals surface area contributed by atoms with Gasteiger partial charge in [-0.1, -0.05) is 31.4 Å². The molecular weight excluding hydrogens is 398 g/mol. The minimum Gasteiger partial charge on any atom is -0.348 e. The molecule has 1 aliphatic heterocycles. The molecule has 5 nitrogen and oxygen atoms in total. The van der Waals surface area contributed by atoms with Crippen molar-refractivity contribution in [1.82, 2.24) is 14.8 Å². The SMILES string of the molecule is Cc1cc(C=CC(=O)NCc2cccc(C(=O)N3CCCC3)c2)c(C)n1C1CCCCC1. The second-order valence-corrected chi connectivity index (χ2v) is 9.24. The van der Waals surface area contributed by atoms with Crippen LogP contribution in [0.4, 0.5) is 0 Å². The van der Waals surface area contributed by atoms with Crippen LogP contribution < -0.4 is 5.32 Å². The van der Waals surface area contributed by atoms with Crippen molar-refractivity contribution in [3.63, 3.8) is 0 Å². The van der Waals surface area contributed by atoms with Gasteiger partial charge in [-0.3, -0.25) is 9.59 Å². The number of carbonyl (C=O) groups is 2. The van der Waals surface area contributed by atoms with Crippen molar-refractivity contribution < 1.29 is 9.59 Å². The van der Waals surface area contributed by atoms with Gasteiger partial charge < -0.3 is 14.8 Å². The summed E-state index contributed by atoms with van der Waals surface area (Å²) >= 11 is 0. The van der Waals surface area contributed by atoms with Crippen LogP contribution in [0.1, 0.15) is 83.9 Å². The molecule has 0 bridgehead atoms. The predicted molar refractivity (Wildman–Crippen MR) is 128 cm³/mol. The molecule has 0 atom stereocenters. The maximum Gasteiger partial charge on any atom is 0.253 e. The van der Waals surface area contributed by atoms with Gasteiger partial charge in [0, 0.05) is 48.7 Å². The number of benzene rings is 1. The van der Waals surface area contributed by atoms with Gasteiger partial charge in [-0.05, 0) is 74.9 Å². The first kappa shape index (κ1) is 22.4. The van der Waals surface area contributed by atoms with E-state index in [9.17, 15) is 9.59 Å². The van der Waals surface area contributed by atoms with Gasteiger partial charge in [0.05, 0.1) is 0 Å². The normalized spacial score (nSPS) is 17.2. The molecule has 2 fully saturated rings. The number of nitrogens with zero attached hydrogens (tertiary/aromatic N) is 2. The van der Waals surface area contributed by atoms with Gasteiger partial charge in [0.15, 0.2) is 0 Å². The first-order chi connectivity index (χ1) is 15.5. The Morgan fingerprint density at radius 2 is 1.78 bits per heavy atom. The summed E-state index contributed by atoms with van der Waals surface area (Å²) in [5.74, 6) is -0.0346. The maximum atomic E-state index is 12.6. The van der Waals surface area contributed by atoms with E-state index in [0.717, 1.165) is 37.1 Å². The number of amides is 2. The highest BCUT2D eigenvalue weighted by Crippen LogP contribution is 2.32. The Labute approximate surface area is 191 Å². The van der Waals surface area contributed by atoms with E-state index >= 15 is 0 Å². The van der Waals surface area contributed by atoms with E-state index < -0.39 is 0 Å². The molecule has 2 heterocycles. The smallest absolute Gasteiger partial charge is 0.253 e. The lowest BCUT2D eigenvalue weighted by atomic mass is 9.95. The number of nitrogens with one attached hydrogen (secondary N) is 1. The number of carbonyl (C=O) groups excluding carboxylic acids is 2. The average molecular weight is 434 g/mol. The van der Waals surface area contributed by atoms with Crippen LogP contribution in [0, 0.1) is 13.8 Å². The Morgan fingerprint density at radius 1 is 1.03 bits per heavy atom. The number of aromatic nitrogens is 1. The summed E-state index contributed by atoms with van der Waals surface area (Å²) < 4.78 is 2.46. The number of hydrogen-bond acceptors (Lipinski definition) is 2. The van der Waals surface area contributed by atoms with E-state index in [0.29, 0.717) is 18.2 Å². The van der Waals surface area contributed by atoms with E-state index in [1.165, 1.54) is 43.5 Å². The van der Waals surface area contributed by atoms with Crippen molar-refractivity contribution >= 4 is 17.9 Å². The Morgan fingerprint density at radius 3 is 2.53 bits per heavy atom. The van der Waals surface area contributed by atoms with Gasteiger partial charge in [0.1, 0.15) is 0 Å². The second kappa shape index (κ2) is 10.2. The topological polar surface area (TPSA) is 54.3 Å². The maximum absolute atomic E-state index is 12.6. The molecule has 32 heavy (non-hydrogen) atoms. The third-order valence-electron chi connectivity index (χ3n) is 6.91. The molecule has 2 aromatic rings. The number of likely N-dealkylation sites (tertiary alicyclic amines) is 1. The molecule has 5 heteroatoms. The van der Waals surface area contributed by atoms with E-state index in [1.807, 2.05) is 35.2 Å². The Kier molecular flexibility index (Phi) is 7.13. The third kappa shape index (κ3) is 5.14. The van der Waals surface area contributed by atoms with E-state index in [2.05, 4.69) is 29.8 Å². The van der Waals surface area contributed by atoms with Crippen LogP contribution in [0.5, 0.6) is 0 Å². The molecule has 2 aliphatic rings. The molecular formula is C27H35N3O2. The van der Waals surface area contributed by atoms with Crippen molar-refractivity contribution in [3.05, 3.63) is 64.5 Å². The third-order valence-corrected chi connectivity index (χ3v) is 6.91. The molecule has 1 aromatic heterocycles. The molecule has 1 aromatic carbocycles. The van der Waals surface area contributed by atoms with Crippen molar-refractivity contribution in [3.8, 4) is 0 Å². The Balaban J connectivity index is 1.35. The minimum atomic E-state index is -0.122. The predicted octanol–water partition coefficient (Wildman–Crippen LogP) is 5.18. The first-order valence-electron chi connectivity index (χ1n) is 12.1. The summed E-state index contributed by atoms with van der Waals surface area (Å²) in [6.45, 7) is 6.40. The van der Waals surface area contributed by atoms with Gasteiger partial charge in [0.25, 0.3) is 5.91 Å². The lowest BCUT2D eigenvalue weighted by Gasteiger charge is -2.26. The quantitative estimate of drug-likeness (QED) is 0.639. The Hall–Kier alpha value is -2.82.